The standard InChI is InChI=1S/C17H16FNO4S/c18-16-8-2-1-5-14(16)12-23-17(20)13-6-3-7-15(11-13)19-9-4-10-24(19,21)22/h1-3,5-8,11H,4,9-10,12H2. The zero-order chi connectivity index (χ0) is 17.2. The van der Waals surface area contributed by atoms with Crippen LogP contribution in [0.15, 0.2) is 48.5 Å². The normalized spacial score (nSPS) is 16.1. The Morgan fingerprint density at radius 3 is 2.67 bits per heavy atom. The van der Waals surface area contributed by atoms with Crippen molar-refractivity contribution in [3.63, 3.8) is 0 Å². The number of halogens is 1. The summed E-state index contributed by atoms with van der Waals surface area (Å²) in [4.78, 5) is 12.1. The summed E-state index contributed by atoms with van der Waals surface area (Å²) < 4.78 is 43.9. The Bertz CT molecular complexity index is 866. The minimum absolute atomic E-state index is 0.106. The second-order valence-corrected chi connectivity index (χ2v) is 7.47. The molecule has 1 saturated heterocycles. The smallest absolute Gasteiger partial charge is 0.338 e. The Labute approximate surface area is 139 Å². The van der Waals surface area contributed by atoms with Crippen molar-refractivity contribution in [3.8, 4) is 0 Å². The van der Waals surface area contributed by atoms with Crippen LogP contribution in [0.5, 0.6) is 0 Å². The van der Waals surface area contributed by atoms with E-state index >= 15 is 0 Å². The van der Waals surface area contributed by atoms with E-state index in [2.05, 4.69) is 0 Å². The number of ether oxygens (including phenoxy) is 1. The van der Waals surface area contributed by atoms with Gasteiger partial charge in [-0.3, -0.25) is 4.31 Å². The maximum atomic E-state index is 13.5. The first-order valence-corrected chi connectivity index (χ1v) is 9.09. The van der Waals surface area contributed by atoms with E-state index in [0.717, 1.165) is 0 Å². The van der Waals surface area contributed by atoms with Gasteiger partial charge in [-0.25, -0.2) is 17.6 Å². The van der Waals surface area contributed by atoms with E-state index in [0.29, 0.717) is 18.7 Å². The first-order chi connectivity index (χ1) is 11.5. The van der Waals surface area contributed by atoms with Crippen LogP contribution in [0.1, 0.15) is 22.3 Å². The second kappa shape index (κ2) is 6.60. The summed E-state index contributed by atoms with van der Waals surface area (Å²) in [5.74, 6) is -0.964. The van der Waals surface area contributed by atoms with Crippen molar-refractivity contribution in [3.05, 3.63) is 65.5 Å². The van der Waals surface area contributed by atoms with Crippen LogP contribution >= 0.6 is 0 Å². The highest BCUT2D eigenvalue weighted by atomic mass is 32.2. The van der Waals surface area contributed by atoms with Crippen LogP contribution in [-0.4, -0.2) is 26.7 Å². The van der Waals surface area contributed by atoms with Gasteiger partial charge in [-0.1, -0.05) is 24.3 Å². The Morgan fingerprint density at radius 1 is 1.17 bits per heavy atom. The highest BCUT2D eigenvalue weighted by Crippen LogP contribution is 2.25. The van der Waals surface area contributed by atoms with Crippen LogP contribution in [0.3, 0.4) is 0 Å². The largest absolute Gasteiger partial charge is 0.457 e. The average molecular weight is 349 g/mol. The molecule has 5 nitrogen and oxygen atoms in total. The Hall–Kier alpha value is -2.41. The molecule has 7 heteroatoms. The third-order valence-corrected chi connectivity index (χ3v) is 5.66. The van der Waals surface area contributed by atoms with Crippen molar-refractivity contribution < 1.29 is 22.3 Å². The van der Waals surface area contributed by atoms with Gasteiger partial charge < -0.3 is 4.74 Å². The topological polar surface area (TPSA) is 63.7 Å². The van der Waals surface area contributed by atoms with Crippen LogP contribution in [0.25, 0.3) is 0 Å². The molecular formula is C17H16FNO4S. The van der Waals surface area contributed by atoms with Gasteiger partial charge in [0.2, 0.25) is 10.0 Å². The van der Waals surface area contributed by atoms with Crippen molar-refractivity contribution in [2.24, 2.45) is 0 Å². The van der Waals surface area contributed by atoms with Crippen LogP contribution in [0.4, 0.5) is 10.1 Å². The minimum Gasteiger partial charge on any atom is -0.457 e. The van der Waals surface area contributed by atoms with Gasteiger partial charge in [-0.05, 0) is 30.7 Å². The summed E-state index contributed by atoms with van der Waals surface area (Å²) in [6.45, 7) is 0.216. The molecule has 2 aromatic carbocycles. The van der Waals surface area contributed by atoms with E-state index in [1.165, 1.54) is 28.6 Å². The molecule has 126 valence electrons. The minimum atomic E-state index is -3.31. The number of rotatable bonds is 4. The molecule has 1 heterocycles. The summed E-state index contributed by atoms with van der Waals surface area (Å²) in [5.41, 5.74) is 0.947. The lowest BCUT2D eigenvalue weighted by molar-refractivity contribution is 0.0469. The highest BCUT2D eigenvalue weighted by Gasteiger charge is 2.28. The predicted molar refractivity (Wildman–Crippen MR) is 87.7 cm³/mol. The number of carbonyl (C=O) groups is 1. The fourth-order valence-electron chi connectivity index (χ4n) is 2.56. The fourth-order valence-corrected chi connectivity index (χ4v) is 4.12. The first-order valence-electron chi connectivity index (χ1n) is 7.48. The summed E-state index contributed by atoms with van der Waals surface area (Å²) in [6.07, 6.45) is 0.560. The molecule has 0 spiro atoms. The Balaban J connectivity index is 1.74. The molecule has 0 unspecified atom stereocenters. The SMILES string of the molecule is O=C(OCc1ccccc1F)c1cccc(N2CCCS2(=O)=O)c1. The first kappa shape index (κ1) is 16.4. The van der Waals surface area contributed by atoms with Gasteiger partial charge in [0.05, 0.1) is 17.0 Å². The van der Waals surface area contributed by atoms with E-state index in [1.807, 2.05) is 0 Å². The van der Waals surface area contributed by atoms with Crippen LogP contribution < -0.4 is 4.31 Å². The molecule has 0 aliphatic carbocycles. The number of carbonyl (C=O) groups excluding carboxylic acids is 1. The molecule has 2 aromatic rings. The fraction of sp³-hybridized carbons (Fsp3) is 0.235. The van der Waals surface area contributed by atoms with Gasteiger partial charge in [0.15, 0.2) is 0 Å². The predicted octanol–water partition coefficient (Wildman–Crippen LogP) is 2.72. The van der Waals surface area contributed by atoms with Crippen molar-refractivity contribution >= 4 is 21.7 Å². The number of benzene rings is 2. The zero-order valence-corrected chi connectivity index (χ0v) is 13.6. The molecule has 0 amide bonds. The molecule has 1 aliphatic heterocycles. The van der Waals surface area contributed by atoms with Gasteiger partial charge in [0, 0.05) is 12.1 Å². The molecule has 1 aliphatic rings. The Kier molecular flexibility index (Phi) is 4.53. The van der Waals surface area contributed by atoms with Crippen LogP contribution in [0, 0.1) is 5.82 Å². The third-order valence-electron chi connectivity index (χ3n) is 3.79. The number of esters is 1. The molecular weight excluding hydrogens is 333 g/mol. The monoisotopic (exact) mass is 349 g/mol. The van der Waals surface area contributed by atoms with E-state index in [-0.39, 0.29) is 23.5 Å². The summed E-state index contributed by atoms with van der Waals surface area (Å²) in [5, 5.41) is 0. The maximum absolute atomic E-state index is 13.5. The lowest BCUT2D eigenvalue weighted by Gasteiger charge is -2.17. The van der Waals surface area contributed by atoms with E-state index < -0.39 is 21.8 Å². The van der Waals surface area contributed by atoms with Crippen molar-refractivity contribution in [2.75, 3.05) is 16.6 Å². The third kappa shape index (κ3) is 3.41. The van der Waals surface area contributed by atoms with E-state index in [4.69, 9.17) is 4.74 Å². The van der Waals surface area contributed by atoms with E-state index in [9.17, 15) is 17.6 Å². The number of sulfonamides is 1. The number of anilines is 1. The molecule has 0 radical (unpaired) electrons. The molecule has 0 N–H and O–H groups in total. The summed E-state index contributed by atoms with van der Waals surface area (Å²) in [6, 6.07) is 12.3. The molecule has 3 rings (SSSR count). The molecule has 0 saturated carbocycles. The second-order valence-electron chi connectivity index (χ2n) is 5.46. The van der Waals surface area contributed by atoms with Crippen LogP contribution in [-0.2, 0) is 21.4 Å². The van der Waals surface area contributed by atoms with Crippen LogP contribution in [0.2, 0.25) is 0 Å². The van der Waals surface area contributed by atoms with Crippen molar-refractivity contribution in [1.82, 2.24) is 0 Å². The van der Waals surface area contributed by atoms with Gasteiger partial charge >= 0.3 is 5.97 Å². The van der Waals surface area contributed by atoms with Gasteiger partial charge in [0.25, 0.3) is 0 Å². The molecule has 1 fully saturated rings. The van der Waals surface area contributed by atoms with E-state index in [1.54, 1.807) is 24.3 Å². The quantitative estimate of drug-likeness (QED) is 0.796. The average Bonchev–Trinajstić information content (AvgIpc) is 2.93. The summed E-state index contributed by atoms with van der Waals surface area (Å²) in [7, 11) is -3.31. The van der Waals surface area contributed by atoms with Crippen molar-refractivity contribution in [1.29, 1.82) is 0 Å². The lowest BCUT2D eigenvalue weighted by Crippen LogP contribution is -2.25. The summed E-state index contributed by atoms with van der Waals surface area (Å²) >= 11 is 0. The maximum Gasteiger partial charge on any atom is 0.338 e. The van der Waals surface area contributed by atoms with Crippen molar-refractivity contribution in [2.45, 2.75) is 13.0 Å². The zero-order valence-electron chi connectivity index (χ0n) is 12.8. The number of nitrogens with zero attached hydrogens (tertiary/aromatic N) is 1. The highest BCUT2D eigenvalue weighted by molar-refractivity contribution is 7.93. The lowest BCUT2D eigenvalue weighted by atomic mass is 10.2. The Morgan fingerprint density at radius 2 is 1.96 bits per heavy atom. The number of hydrogen-bond acceptors (Lipinski definition) is 4. The van der Waals surface area contributed by atoms with Gasteiger partial charge in [0.1, 0.15) is 12.4 Å². The molecule has 0 bridgehead atoms. The van der Waals surface area contributed by atoms with Gasteiger partial charge in [-0.15, -0.1) is 0 Å². The van der Waals surface area contributed by atoms with Gasteiger partial charge in [-0.2, -0.15) is 0 Å². The molecule has 0 atom stereocenters. The number of hydrogen-bond donors (Lipinski definition) is 0. The molecule has 24 heavy (non-hydrogen) atoms. The molecule has 0 aromatic heterocycles.